The van der Waals surface area contributed by atoms with Gasteiger partial charge in [0.05, 0.1) is 24.2 Å². The Bertz CT molecular complexity index is 1150. The van der Waals surface area contributed by atoms with E-state index in [-0.39, 0.29) is 22.8 Å². The molecule has 1 fully saturated rings. The summed E-state index contributed by atoms with van der Waals surface area (Å²) in [6.45, 7) is 6.72. The highest BCUT2D eigenvalue weighted by Crippen LogP contribution is 2.40. The van der Waals surface area contributed by atoms with Gasteiger partial charge in [0, 0.05) is 6.54 Å². The number of nitrogens with one attached hydrogen (secondary N) is 1. The molecule has 2 aromatic rings. The minimum Gasteiger partial charge on any atom is -0.497 e. The van der Waals surface area contributed by atoms with Crippen LogP contribution in [0.5, 0.6) is 11.5 Å². The van der Waals surface area contributed by atoms with E-state index < -0.39 is 16.1 Å². The number of rotatable bonds is 6. The summed E-state index contributed by atoms with van der Waals surface area (Å²) in [6.07, 6.45) is 4.93. The van der Waals surface area contributed by atoms with Crippen molar-refractivity contribution >= 4 is 21.6 Å². The molecule has 1 aliphatic heterocycles. The van der Waals surface area contributed by atoms with E-state index >= 15 is 0 Å². The Hall–Kier alpha value is -2.74. The van der Waals surface area contributed by atoms with Crippen LogP contribution in [0.25, 0.3) is 0 Å². The molecular formula is C27H36N2O5S. The van der Waals surface area contributed by atoms with Gasteiger partial charge in [0.15, 0.2) is 6.10 Å². The van der Waals surface area contributed by atoms with Gasteiger partial charge in [-0.15, -0.1) is 0 Å². The Balaban J connectivity index is 1.65. The predicted octanol–water partition coefficient (Wildman–Crippen LogP) is 4.65. The zero-order valence-corrected chi connectivity index (χ0v) is 21.9. The number of hydrogen-bond donors (Lipinski definition) is 1. The molecule has 0 unspecified atom stereocenters. The zero-order chi connectivity index (χ0) is 25.2. The zero-order valence-electron chi connectivity index (χ0n) is 21.0. The summed E-state index contributed by atoms with van der Waals surface area (Å²) < 4.78 is 40.1. The van der Waals surface area contributed by atoms with Crippen LogP contribution in [0.4, 0.5) is 5.69 Å². The number of carbonyl (C=O) groups excluding carboxylic acids is 1. The van der Waals surface area contributed by atoms with Crippen molar-refractivity contribution < 1.29 is 22.7 Å². The third-order valence-electron chi connectivity index (χ3n) is 6.92. The number of ether oxygens (including phenoxy) is 2. The highest BCUT2D eigenvalue weighted by molar-refractivity contribution is 7.92. The Kier molecular flexibility index (Phi) is 7.31. The van der Waals surface area contributed by atoms with Crippen molar-refractivity contribution in [1.82, 2.24) is 5.32 Å². The lowest BCUT2D eigenvalue weighted by atomic mass is 9.86. The molecule has 4 rings (SSSR count). The van der Waals surface area contributed by atoms with E-state index in [9.17, 15) is 13.2 Å². The van der Waals surface area contributed by atoms with Crippen LogP contribution in [0.3, 0.4) is 0 Å². The van der Waals surface area contributed by atoms with Crippen molar-refractivity contribution in [2.75, 3.05) is 24.5 Å². The number of benzene rings is 2. The van der Waals surface area contributed by atoms with Gasteiger partial charge in [-0.3, -0.25) is 9.10 Å². The summed E-state index contributed by atoms with van der Waals surface area (Å²) in [5.41, 5.74) is 1.25. The fourth-order valence-electron chi connectivity index (χ4n) is 4.71. The molecule has 0 aromatic heterocycles. The molecule has 35 heavy (non-hydrogen) atoms. The highest BCUT2D eigenvalue weighted by Gasteiger charge is 2.38. The largest absolute Gasteiger partial charge is 0.497 e. The molecule has 190 valence electrons. The fourth-order valence-corrected chi connectivity index (χ4v) is 6.17. The summed E-state index contributed by atoms with van der Waals surface area (Å²) in [5.74, 6) is 1.15. The molecule has 8 heteroatoms. The molecule has 1 heterocycles. The average Bonchev–Trinajstić information content (AvgIpc) is 2.86. The number of amides is 1. The first-order chi connectivity index (χ1) is 16.6. The van der Waals surface area contributed by atoms with Gasteiger partial charge in [-0.05, 0) is 66.1 Å². The van der Waals surface area contributed by atoms with Crippen LogP contribution in [0, 0.1) is 5.92 Å². The molecule has 2 aliphatic rings. The van der Waals surface area contributed by atoms with E-state index in [1.165, 1.54) is 42.8 Å². The quantitative estimate of drug-likeness (QED) is 0.624. The lowest BCUT2D eigenvalue weighted by Crippen LogP contribution is -2.51. The van der Waals surface area contributed by atoms with E-state index in [4.69, 9.17) is 9.47 Å². The number of nitrogens with zero attached hydrogens (tertiary/aromatic N) is 1. The molecule has 1 saturated carbocycles. The number of fused-ring (bicyclic) bond motifs is 1. The maximum atomic E-state index is 13.8. The standard InChI is InChI=1S/C27H36N2O5S/c1-27(2,3)20-10-15-24-23(16-20)29(35(31,32)22-13-11-21(33-4)12-14-22)18-25(34-24)26(30)28-17-19-8-6-5-7-9-19/h10-16,19,25H,5-9,17-18H2,1-4H3,(H,28,30)/t25-/m1/s1. The predicted molar refractivity (Wildman–Crippen MR) is 137 cm³/mol. The average molecular weight is 501 g/mol. The first-order valence-electron chi connectivity index (χ1n) is 12.4. The van der Waals surface area contributed by atoms with Crippen molar-refractivity contribution in [2.24, 2.45) is 5.92 Å². The summed E-state index contributed by atoms with van der Waals surface area (Å²) in [5, 5.41) is 3.01. The van der Waals surface area contributed by atoms with Gasteiger partial charge >= 0.3 is 0 Å². The lowest BCUT2D eigenvalue weighted by molar-refractivity contribution is -0.128. The highest BCUT2D eigenvalue weighted by atomic mass is 32.2. The van der Waals surface area contributed by atoms with Crippen molar-refractivity contribution in [3.63, 3.8) is 0 Å². The van der Waals surface area contributed by atoms with E-state index in [1.807, 2.05) is 12.1 Å². The molecule has 1 atom stereocenters. The Labute approximate surface area is 208 Å². The minimum atomic E-state index is -3.95. The Morgan fingerprint density at radius 1 is 1.09 bits per heavy atom. The van der Waals surface area contributed by atoms with E-state index in [2.05, 4.69) is 26.1 Å². The second-order valence-electron chi connectivity index (χ2n) is 10.5. The van der Waals surface area contributed by atoms with Crippen LogP contribution < -0.4 is 19.1 Å². The van der Waals surface area contributed by atoms with Crippen LogP contribution >= 0.6 is 0 Å². The van der Waals surface area contributed by atoms with Crippen molar-refractivity contribution in [2.45, 2.75) is 69.3 Å². The number of anilines is 1. The maximum absolute atomic E-state index is 13.8. The molecule has 0 saturated heterocycles. The SMILES string of the molecule is COc1ccc(S(=O)(=O)N2C[C@H](C(=O)NCC3CCCCC3)Oc3ccc(C(C)(C)C)cc32)cc1. The van der Waals surface area contributed by atoms with Crippen LogP contribution in [-0.2, 0) is 20.2 Å². The summed E-state index contributed by atoms with van der Waals surface area (Å²) >= 11 is 0. The van der Waals surface area contributed by atoms with E-state index in [0.29, 0.717) is 29.6 Å². The Morgan fingerprint density at radius 3 is 2.40 bits per heavy atom. The second kappa shape index (κ2) is 10.1. The molecule has 1 N–H and O–H groups in total. The first kappa shape index (κ1) is 25.4. The molecule has 2 aromatic carbocycles. The molecule has 7 nitrogen and oxygen atoms in total. The number of methoxy groups -OCH3 is 1. The molecule has 1 aliphatic carbocycles. The van der Waals surface area contributed by atoms with Crippen molar-refractivity contribution in [1.29, 1.82) is 0 Å². The van der Waals surface area contributed by atoms with Crippen LogP contribution in [0.2, 0.25) is 0 Å². The molecule has 0 radical (unpaired) electrons. The third kappa shape index (κ3) is 5.58. The van der Waals surface area contributed by atoms with E-state index in [1.54, 1.807) is 18.2 Å². The van der Waals surface area contributed by atoms with Gasteiger partial charge in [-0.1, -0.05) is 46.1 Å². The van der Waals surface area contributed by atoms with E-state index in [0.717, 1.165) is 18.4 Å². The van der Waals surface area contributed by atoms with Crippen molar-refractivity contribution in [3.8, 4) is 11.5 Å². The van der Waals surface area contributed by atoms with Gasteiger partial charge < -0.3 is 14.8 Å². The second-order valence-corrected chi connectivity index (χ2v) is 12.4. The minimum absolute atomic E-state index is 0.0918. The normalized spacial score (nSPS) is 19.0. The van der Waals surface area contributed by atoms with Gasteiger partial charge in [0.25, 0.3) is 15.9 Å². The molecule has 1 amide bonds. The monoisotopic (exact) mass is 500 g/mol. The van der Waals surface area contributed by atoms with Gasteiger partial charge in [0.1, 0.15) is 11.5 Å². The third-order valence-corrected chi connectivity index (χ3v) is 8.72. The number of carbonyl (C=O) groups is 1. The van der Waals surface area contributed by atoms with Crippen LogP contribution in [0.15, 0.2) is 47.4 Å². The molecule has 0 bridgehead atoms. The fraction of sp³-hybridized carbons (Fsp3) is 0.519. The van der Waals surface area contributed by atoms with Crippen molar-refractivity contribution in [3.05, 3.63) is 48.0 Å². The summed E-state index contributed by atoms with van der Waals surface area (Å²) in [6, 6.07) is 11.8. The maximum Gasteiger partial charge on any atom is 0.264 e. The topological polar surface area (TPSA) is 84.9 Å². The number of hydrogen-bond acceptors (Lipinski definition) is 5. The van der Waals surface area contributed by atoms with Gasteiger partial charge in [0.2, 0.25) is 0 Å². The van der Waals surface area contributed by atoms with Gasteiger partial charge in [-0.25, -0.2) is 8.42 Å². The number of sulfonamides is 1. The Morgan fingerprint density at radius 2 is 1.77 bits per heavy atom. The first-order valence-corrected chi connectivity index (χ1v) is 13.8. The summed E-state index contributed by atoms with van der Waals surface area (Å²) in [7, 11) is -2.41. The lowest BCUT2D eigenvalue weighted by Gasteiger charge is -2.36. The van der Waals surface area contributed by atoms with Crippen LogP contribution in [-0.4, -0.2) is 40.6 Å². The summed E-state index contributed by atoms with van der Waals surface area (Å²) in [4.78, 5) is 13.2. The smallest absolute Gasteiger partial charge is 0.264 e. The molecule has 0 spiro atoms. The van der Waals surface area contributed by atoms with Gasteiger partial charge in [-0.2, -0.15) is 0 Å². The molecular weight excluding hydrogens is 464 g/mol. The van der Waals surface area contributed by atoms with Crippen LogP contribution in [0.1, 0.15) is 58.4 Å².